The fraction of sp³-hybridized carbons (Fsp3) is 0.714. The lowest BCUT2D eigenvalue weighted by Crippen LogP contribution is -2.13. The zero-order chi connectivity index (χ0) is 10.6. The van der Waals surface area contributed by atoms with Crippen molar-refractivity contribution in [1.29, 1.82) is 0 Å². The van der Waals surface area contributed by atoms with Crippen LogP contribution in [0.3, 0.4) is 0 Å². The molecule has 0 bridgehead atoms. The van der Waals surface area contributed by atoms with Crippen molar-refractivity contribution in [2.24, 2.45) is 5.73 Å². The number of nitrogens with two attached hydrogens (primary N) is 1. The number of H-pyrrole nitrogens is 1. The summed E-state index contributed by atoms with van der Waals surface area (Å²) in [4.78, 5) is 0. The van der Waals surface area contributed by atoms with Crippen LogP contribution in [-0.2, 0) is 0 Å². The van der Waals surface area contributed by atoms with Gasteiger partial charge in [-0.2, -0.15) is 28.6 Å². The van der Waals surface area contributed by atoms with Crippen LogP contribution in [0, 0.1) is 0 Å². The van der Waals surface area contributed by atoms with Crippen molar-refractivity contribution >= 4 is 0 Å². The number of nitrogens with zero attached hydrogens (tertiary/aromatic N) is 2. The summed E-state index contributed by atoms with van der Waals surface area (Å²) in [6.45, 7) is 0. The van der Waals surface area contributed by atoms with Crippen LogP contribution in [0.1, 0.15) is 31.0 Å². The molecule has 4 nitrogen and oxygen atoms in total. The number of hydrogen-bond acceptors (Lipinski definition) is 3. The molecular weight excluding hydrogens is 197 g/mol. The van der Waals surface area contributed by atoms with Crippen LogP contribution >= 0.6 is 0 Å². The van der Waals surface area contributed by atoms with Gasteiger partial charge in [0.15, 0.2) is 0 Å². The van der Waals surface area contributed by atoms with Crippen LogP contribution in [0.15, 0.2) is 6.20 Å². The highest BCUT2D eigenvalue weighted by Gasteiger charge is 2.26. The van der Waals surface area contributed by atoms with Gasteiger partial charge in [0.2, 0.25) is 0 Å². The van der Waals surface area contributed by atoms with E-state index in [4.69, 9.17) is 5.73 Å². The molecule has 1 atom stereocenters. The molecule has 1 aromatic heterocycles. The van der Waals surface area contributed by atoms with E-state index in [1.165, 1.54) is 6.20 Å². The van der Waals surface area contributed by atoms with E-state index in [-0.39, 0.29) is 12.8 Å². The first-order valence-corrected chi connectivity index (χ1v) is 4.17. The van der Waals surface area contributed by atoms with Crippen LogP contribution < -0.4 is 5.73 Å². The lowest BCUT2D eigenvalue weighted by Gasteiger charge is -2.09. The molecule has 7 heteroatoms. The standard InChI is InChI=1S/C7H11F3N4/c8-7(9,10)3-1-2-5(11)6-4-12-14-13-6/h4-5H,1-3,11H2,(H,12,13,14). The smallest absolute Gasteiger partial charge is 0.323 e. The molecule has 0 aliphatic carbocycles. The molecule has 0 saturated carbocycles. The molecular formula is C7H11F3N4. The molecule has 0 fully saturated rings. The van der Waals surface area contributed by atoms with Crippen molar-refractivity contribution in [2.45, 2.75) is 31.5 Å². The Labute approximate surface area is 78.7 Å². The molecule has 3 N–H and O–H groups in total. The fourth-order valence-electron chi connectivity index (χ4n) is 1.06. The molecule has 0 aromatic carbocycles. The van der Waals surface area contributed by atoms with Gasteiger partial charge in [-0.1, -0.05) is 0 Å². The molecule has 14 heavy (non-hydrogen) atoms. The molecule has 1 rings (SSSR count). The Morgan fingerprint density at radius 1 is 1.50 bits per heavy atom. The maximum atomic E-state index is 11.8. The largest absolute Gasteiger partial charge is 0.389 e. The van der Waals surface area contributed by atoms with Gasteiger partial charge >= 0.3 is 6.18 Å². The molecule has 1 aromatic rings. The first kappa shape index (κ1) is 11.0. The van der Waals surface area contributed by atoms with Crippen LogP contribution in [-0.4, -0.2) is 21.6 Å². The average Bonchev–Trinajstić information content (AvgIpc) is 2.53. The summed E-state index contributed by atoms with van der Waals surface area (Å²) < 4.78 is 35.3. The summed E-state index contributed by atoms with van der Waals surface area (Å²) >= 11 is 0. The Kier molecular flexibility index (Phi) is 3.45. The summed E-state index contributed by atoms with van der Waals surface area (Å²) in [7, 11) is 0. The molecule has 80 valence electrons. The first-order chi connectivity index (χ1) is 6.49. The SMILES string of the molecule is NC(CCCC(F)(F)F)c1cn[nH]n1. The molecule has 0 radical (unpaired) electrons. The number of alkyl halides is 3. The molecule has 0 saturated heterocycles. The average molecular weight is 208 g/mol. The van der Waals surface area contributed by atoms with Crippen molar-refractivity contribution in [3.05, 3.63) is 11.9 Å². The Morgan fingerprint density at radius 2 is 2.21 bits per heavy atom. The third-order valence-electron chi connectivity index (χ3n) is 1.79. The zero-order valence-corrected chi connectivity index (χ0v) is 7.38. The summed E-state index contributed by atoms with van der Waals surface area (Å²) in [6, 6.07) is -0.476. The number of rotatable bonds is 4. The van der Waals surface area contributed by atoms with E-state index in [1.807, 2.05) is 0 Å². The first-order valence-electron chi connectivity index (χ1n) is 4.17. The third-order valence-corrected chi connectivity index (χ3v) is 1.79. The van der Waals surface area contributed by atoms with Gasteiger partial charge in [0, 0.05) is 6.42 Å². The van der Waals surface area contributed by atoms with Gasteiger partial charge in [0.05, 0.1) is 17.9 Å². The summed E-state index contributed by atoms with van der Waals surface area (Å²) in [5, 5.41) is 9.57. The van der Waals surface area contributed by atoms with Crippen molar-refractivity contribution < 1.29 is 13.2 Å². The van der Waals surface area contributed by atoms with Crippen LogP contribution in [0.4, 0.5) is 13.2 Å². The van der Waals surface area contributed by atoms with Crippen LogP contribution in [0.25, 0.3) is 0 Å². The number of aromatic nitrogens is 3. The lowest BCUT2D eigenvalue weighted by atomic mass is 10.1. The minimum absolute atomic E-state index is 0.0114. The van der Waals surface area contributed by atoms with E-state index in [0.717, 1.165) is 0 Å². The van der Waals surface area contributed by atoms with Gasteiger partial charge in [0.25, 0.3) is 0 Å². The number of hydrogen-bond donors (Lipinski definition) is 2. The van der Waals surface area contributed by atoms with Gasteiger partial charge < -0.3 is 5.73 Å². The Morgan fingerprint density at radius 3 is 2.71 bits per heavy atom. The van der Waals surface area contributed by atoms with Gasteiger partial charge in [-0.15, -0.1) is 0 Å². The van der Waals surface area contributed by atoms with Crippen molar-refractivity contribution in [3.8, 4) is 0 Å². The van der Waals surface area contributed by atoms with E-state index in [9.17, 15) is 13.2 Å². The van der Waals surface area contributed by atoms with Crippen molar-refractivity contribution in [3.63, 3.8) is 0 Å². The summed E-state index contributed by atoms with van der Waals surface area (Å²) in [5.74, 6) is 0. The van der Waals surface area contributed by atoms with Crippen LogP contribution in [0.2, 0.25) is 0 Å². The number of nitrogens with one attached hydrogen (secondary N) is 1. The minimum atomic E-state index is -4.11. The van der Waals surface area contributed by atoms with E-state index in [2.05, 4.69) is 15.4 Å². The fourth-order valence-corrected chi connectivity index (χ4v) is 1.06. The zero-order valence-electron chi connectivity index (χ0n) is 7.38. The minimum Gasteiger partial charge on any atom is -0.323 e. The highest BCUT2D eigenvalue weighted by atomic mass is 19.4. The summed E-state index contributed by atoms with van der Waals surface area (Å²) in [6.07, 6.45) is -3.23. The van der Waals surface area contributed by atoms with Gasteiger partial charge in [0.1, 0.15) is 0 Å². The second kappa shape index (κ2) is 4.41. The number of aromatic amines is 1. The maximum Gasteiger partial charge on any atom is 0.389 e. The normalized spacial score (nSPS) is 14.3. The van der Waals surface area contributed by atoms with E-state index >= 15 is 0 Å². The predicted molar refractivity (Wildman–Crippen MR) is 43.2 cm³/mol. The monoisotopic (exact) mass is 208 g/mol. The lowest BCUT2D eigenvalue weighted by molar-refractivity contribution is -0.135. The molecule has 0 aliphatic heterocycles. The predicted octanol–water partition coefficient (Wildman–Crippen LogP) is 1.54. The van der Waals surface area contributed by atoms with Gasteiger partial charge in [-0.05, 0) is 12.8 Å². The topological polar surface area (TPSA) is 67.6 Å². The Bertz CT molecular complexity index is 256. The summed E-state index contributed by atoms with van der Waals surface area (Å²) in [5.41, 5.74) is 6.07. The van der Waals surface area contributed by atoms with E-state index in [1.54, 1.807) is 0 Å². The van der Waals surface area contributed by atoms with E-state index < -0.39 is 18.6 Å². The second-order valence-electron chi connectivity index (χ2n) is 3.01. The second-order valence-corrected chi connectivity index (χ2v) is 3.01. The van der Waals surface area contributed by atoms with Crippen molar-refractivity contribution in [1.82, 2.24) is 15.4 Å². The highest BCUT2D eigenvalue weighted by molar-refractivity contribution is 4.97. The Balaban J connectivity index is 2.26. The molecule has 1 heterocycles. The van der Waals surface area contributed by atoms with Crippen molar-refractivity contribution in [2.75, 3.05) is 0 Å². The Hall–Kier alpha value is -1.11. The molecule has 0 amide bonds. The quantitative estimate of drug-likeness (QED) is 0.788. The molecule has 0 aliphatic rings. The van der Waals surface area contributed by atoms with Gasteiger partial charge in [-0.3, -0.25) is 0 Å². The highest BCUT2D eigenvalue weighted by Crippen LogP contribution is 2.24. The molecule has 0 spiro atoms. The third kappa shape index (κ3) is 3.73. The van der Waals surface area contributed by atoms with Crippen LogP contribution in [0.5, 0.6) is 0 Å². The van der Waals surface area contributed by atoms with Gasteiger partial charge in [-0.25, -0.2) is 0 Å². The maximum absolute atomic E-state index is 11.8. The molecule has 1 unspecified atom stereocenters. The van der Waals surface area contributed by atoms with E-state index in [0.29, 0.717) is 5.69 Å². The number of halogens is 3.